The van der Waals surface area contributed by atoms with Gasteiger partial charge in [0.15, 0.2) is 0 Å². The maximum absolute atomic E-state index is 10.5. The number of carboxylic acids is 1. The second-order valence-electron chi connectivity index (χ2n) is 3.18. The number of phenols is 1. The van der Waals surface area contributed by atoms with E-state index < -0.39 is 5.97 Å². The quantitative estimate of drug-likeness (QED) is 0.813. The van der Waals surface area contributed by atoms with Crippen molar-refractivity contribution >= 4 is 17.6 Å². The molecule has 0 heterocycles. The fourth-order valence-corrected chi connectivity index (χ4v) is 1.48. The lowest BCUT2D eigenvalue weighted by Crippen LogP contribution is -2.03. The molecule has 0 bridgehead atoms. The van der Waals surface area contributed by atoms with Gasteiger partial charge < -0.3 is 10.2 Å². The van der Waals surface area contributed by atoms with Crippen LogP contribution >= 0.6 is 11.6 Å². The molecule has 0 spiro atoms. The van der Waals surface area contributed by atoms with Crippen LogP contribution in [0.15, 0.2) is 18.2 Å². The van der Waals surface area contributed by atoms with Crippen LogP contribution in [-0.2, 0) is 4.79 Å². The molecule has 0 aliphatic rings. The van der Waals surface area contributed by atoms with Gasteiger partial charge >= 0.3 is 5.97 Å². The van der Waals surface area contributed by atoms with E-state index in [0.717, 1.165) is 0 Å². The maximum Gasteiger partial charge on any atom is 0.303 e. The summed E-state index contributed by atoms with van der Waals surface area (Å²) in [5, 5.41) is 18.4. The Morgan fingerprint density at radius 2 is 2.21 bits per heavy atom. The first-order chi connectivity index (χ1) is 6.52. The van der Waals surface area contributed by atoms with E-state index in [-0.39, 0.29) is 23.1 Å². The molecule has 1 rings (SSSR count). The molecule has 1 unspecified atom stereocenters. The molecule has 0 saturated carbocycles. The van der Waals surface area contributed by atoms with Gasteiger partial charge in [-0.2, -0.15) is 0 Å². The molecule has 2 N–H and O–H groups in total. The molecule has 0 amide bonds. The first kappa shape index (κ1) is 10.9. The minimum Gasteiger partial charge on any atom is -0.506 e. The van der Waals surface area contributed by atoms with Crippen molar-refractivity contribution in [1.82, 2.24) is 0 Å². The van der Waals surface area contributed by atoms with Crippen molar-refractivity contribution in [2.75, 3.05) is 0 Å². The number of rotatable bonds is 3. The molecular weight excluding hydrogens is 204 g/mol. The summed E-state index contributed by atoms with van der Waals surface area (Å²) in [4.78, 5) is 10.5. The number of para-hydroxylation sites is 1. The standard InChI is InChI=1S/C10H11ClO3/c1-6(5-9(12)13)7-3-2-4-8(11)10(7)14/h2-4,6,14H,5H2,1H3,(H,12,13). The minimum atomic E-state index is -0.892. The van der Waals surface area contributed by atoms with Crippen LogP contribution in [0.4, 0.5) is 0 Å². The maximum atomic E-state index is 10.5. The highest BCUT2D eigenvalue weighted by Crippen LogP contribution is 2.33. The molecular formula is C10H11ClO3. The Hall–Kier alpha value is -1.22. The van der Waals surface area contributed by atoms with Crippen LogP contribution in [0.5, 0.6) is 5.75 Å². The molecule has 76 valence electrons. The van der Waals surface area contributed by atoms with Crippen LogP contribution < -0.4 is 0 Å². The predicted molar refractivity (Wildman–Crippen MR) is 53.8 cm³/mol. The van der Waals surface area contributed by atoms with E-state index in [9.17, 15) is 9.90 Å². The van der Waals surface area contributed by atoms with Crippen molar-refractivity contribution in [3.63, 3.8) is 0 Å². The van der Waals surface area contributed by atoms with Crippen LogP contribution in [0.25, 0.3) is 0 Å². The third-order valence-electron chi connectivity index (χ3n) is 2.03. The predicted octanol–water partition coefficient (Wildman–Crippen LogP) is 2.62. The van der Waals surface area contributed by atoms with Crippen molar-refractivity contribution in [1.29, 1.82) is 0 Å². The molecule has 0 aliphatic carbocycles. The van der Waals surface area contributed by atoms with Gasteiger partial charge in [0.05, 0.1) is 11.4 Å². The average molecular weight is 215 g/mol. The van der Waals surface area contributed by atoms with E-state index in [1.807, 2.05) is 0 Å². The number of halogens is 1. The van der Waals surface area contributed by atoms with Crippen LogP contribution in [0.2, 0.25) is 5.02 Å². The molecule has 0 radical (unpaired) electrons. The molecule has 14 heavy (non-hydrogen) atoms. The average Bonchev–Trinajstić information content (AvgIpc) is 2.08. The van der Waals surface area contributed by atoms with Crippen LogP contribution in [0.1, 0.15) is 24.8 Å². The van der Waals surface area contributed by atoms with E-state index in [1.54, 1.807) is 25.1 Å². The van der Waals surface area contributed by atoms with Crippen molar-refractivity contribution in [3.05, 3.63) is 28.8 Å². The van der Waals surface area contributed by atoms with Gasteiger partial charge in [-0.15, -0.1) is 0 Å². The number of hydrogen-bond donors (Lipinski definition) is 2. The number of carboxylic acid groups (broad SMARTS) is 1. The summed E-state index contributed by atoms with van der Waals surface area (Å²) in [5.74, 6) is -1.16. The van der Waals surface area contributed by atoms with Crippen molar-refractivity contribution in [2.24, 2.45) is 0 Å². The Labute approximate surface area is 86.9 Å². The van der Waals surface area contributed by atoms with Crippen molar-refractivity contribution in [3.8, 4) is 5.75 Å². The zero-order chi connectivity index (χ0) is 10.7. The fraction of sp³-hybridized carbons (Fsp3) is 0.300. The number of aliphatic carboxylic acids is 1. The minimum absolute atomic E-state index is 0.0199. The van der Waals surface area contributed by atoms with Gasteiger partial charge in [0.2, 0.25) is 0 Å². The molecule has 4 heteroatoms. The van der Waals surface area contributed by atoms with Gasteiger partial charge in [-0.05, 0) is 17.5 Å². The van der Waals surface area contributed by atoms with Gasteiger partial charge in [0.1, 0.15) is 5.75 Å². The Morgan fingerprint density at radius 1 is 1.57 bits per heavy atom. The molecule has 0 fully saturated rings. The smallest absolute Gasteiger partial charge is 0.303 e. The summed E-state index contributed by atoms with van der Waals surface area (Å²) in [5.41, 5.74) is 0.569. The number of carbonyl (C=O) groups is 1. The molecule has 0 saturated heterocycles. The van der Waals surface area contributed by atoms with E-state index in [2.05, 4.69) is 0 Å². The summed E-state index contributed by atoms with van der Waals surface area (Å²) in [6, 6.07) is 4.93. The third-order valence-corrected chi connectivity index (χ3v) is 2.33. The summed E-state index contributed by atoms with van der Waals surface area (Å²) in [6.07, 6.45) is -0.0199. The number of benzene rings is 1. The Morgan fingerprint density at radius 3 is 2.79 bits per heavy atom. The second-order valence-corrected chi connectivity index (χ2v) is 3.58. The summed E-state index contributed by atoms with van der Waals surface area (Å²) >= 11 is 5.70. The first-order valence-corrected chi connectivity index (χ1v) is 4.59. The van der Waals surface area contributed by atoms with E-state index in [4.69, 9.17) is 16.7 Å². The van der Waals surface area contributed by atoms with Crippen LogP contribution in [0.3, 0.4) is 0 Å². The van der Waals surface area contributed by atoms with Gasteiger partial charge in [-0.1, -0.05) is 30.7 Å². The zero-order valence-electron chi connectivity index (χ0n) is 7.70. The van der Waals surface area contributed by atoms with Crippen molar-refractivity contribution in [2.45, 2.75) is 19.3 Å². The first-order valence-electron chi connectivity index (χ1n) is 4.21. The Bertz CT molecular complexity index is 349. The zero-order valence-corrected chi connectivity index (χ0v) is 8.45. The summed E-state index contributed by atoms with van der Waals surface area (Å²) in [6.45, 7) is 1.74. The summed E-state index contributed by atoms with van der Waals surface area (Å²) in [7, 11) is 0. The molecule has 1 atom stereocenters. The fourth-order valence-electron chi connectivity index (χ4n) is 1.30. The molecule has 0 aliphatic heterocycles. The van der Waals surface area contributed by atoms with Gasteiger partial charge in [-0.3, -0.25) is 4.79 Å². The lowest BCUT2D eigenvalue weighted by atomic mass is 9.97. The van der Waals surface area contributed by atoms with Crippen LogP contribution in [-0.4, -0.2) is 16.2 Å². The topological polar surface area (TPSA) is 57.5 Å². The number of aromatic hydroxyl groups is 1. The summed E-state index contributed by atoms with van der Waals surface area (Å²) < 4.78 is 0. The highest BCUT2D eigenvalue weighted by atomic mass is 35.5. The van der Waals surface area contributed by atoms with Gasteiger partial charge in [-0.25, -0.2) is 0 Å². The monoisotopic (exact) mass is 214 g/mol. The van der Waals surface area contributed by atoms with E-state index in [1.165, 1.54) is 0 Å². The molecule has 1 aromatic carbocycles. The van der Waals surface area contributed by atoms with E-state index in [0.29, 0.717) is 5.56 Å². The number of phenolic OH excluding ortho intramolecular Hbond substituents is 1. The van der Waals surface area contributed by atoms with Crippen LogP contribution in [0, 0.1) is 0 Å². The van der Waals surface area contributed by atoms with Gasteiger partial charge in [0.25, 0.3) is 0 Å². The Balaban J connectivity index is 2.95. The molecule has 1 aromatic rings. The second kappa shape index (κ2) is 4.33. The molecule has 0 aromatic heterocycles. The SMILES string of the molecule is CC(CC(=O)O)c1cccc(Cl)c1O. The third kappa shape index (κ3) is 2.39. The Kier molecular flexibility index (Phi) is 3.36. The van der Waals surface area contributed by atoms with E-state index >= 15 is 0 Å². The highest BCUT2D eigenvalue weighted by molar-refractivity contribution is 6.32. The van der Waals surface area contributed by atoms with Gasteiger partial charge in [0, 0.05) is 0 Å². The van der Waals surface area contributed by atoms with Crippen molar-refractivity contribution < 1.29 is 15.0 Å². The normalized spacial score (nSPS) is 12.4. The lowest BCUT2D eigenvalue weighted by Gasteiger charge is -2.11. The largest absolute Gasteiger partial charge is 0.506 e. The number of hydrogen-bond acceptors (Lipinski definition) is 2. The highest BCUT2D eigenvalue weighted by Gasteiger charge is 2.15. The lowest BCUT2D eigenvalue weighted by molar-refractivity contribution is -0.137. The molecule has 3 nitrogen and oxygen atoms in total.